The minimum atomic E-state index is -0.349. The topological polar surface area (TPSA) is 63.0 Å². The van der Waals surface area contributed by atoms with Gasteiger partial charge in [0.25, 0.3) is 5.91 Å². The maximum atomic E-state index is 12.2. The summed E-state index contributed by atoms with van der Waals surface area (Å²) in [4.78, 5) is 27.8. The van der Waals surface area contributed by atoms with E-state index < -0.39 is 0 Å². The number of furan rings is 1. The zero-order valence-electron chi connectivity index (χ0n) is 12.9. The van der Waals surface area contributed by atoms with Gasteiger partial charge in [0, 0.05) is 31.9 Å². The van der Waals surface area contributed by atoms with Crippen molar-refractivity contribution in [1.29, 1.82) is 0 Å². The number of ether oxygens (including phenoxy) is 1. The van der Waals surface area contributed by atoms with Crippen molar-refractivity contribution in [3.8, 4) is 0 Å². The van der Waals surface area contributed by atoms with E-state index in [-0.39, 0.29) is 11.9 Å². The first kappa shape index (κ1) is 15.1. The smallest absolute Gasteiger partial charge is 0.337 e. The second-order valence-corrected chi connectivity index (χ2v) is 5.30. The number of esters is 1. The van der Waals surface area contributed by atoms with Gasteiger partial charge in [-0.15, -0.1) is 0 Å². The normalized spacial score (nSPS) is 14.7. The number of hydrogen-bond acceptors (Lipinski definition) is 5. The minimum Gasteiger partial charge on any atom is -0.465 e. The van der Waals surface area contributed by atoms with Gasteiger partial charge in [-0.3, -0.25) is 4.79 Å². The van der Waals surface area contributed by atoms with Gasteiger partial charge in [-0.1, -0.05) is 6.07 Å². The van der Waals surface area contributed by atoms with E-state index in [1.807, 2.05) is 18.2 Å². The van der Waals surface area contributed by atoms with Crippen LogP contribution in [-0.4, -0.2) is 50.1 Å². The second kappa shape index (κ2) is 6.56. The summed E-state index contributed by atoms with van der Waals surface area (Å²) in [5, 5.41) is 0. The SMILES string of the molecule is COC(=O)c1cccc(N2CCN(C(=O)c3ccco3)CC2)c1. The highest BCUT2D eigenvalue weighted by Crippen LogP contribution is 2.19. The van der Waals surface area contributed by atoms with Gasteiger partial charge in [0.05, 0.1) is 18.9 Å². The number of benzene rings is 1. The number of rotatable bonds is 3. The van der Waals surface area contributed by atoms with Gasteiger partial charge in [0.15, 0.2) is 5.76 Å². The van der Waals surface area contributed by atoms with E-state index in [1.54, 1.807) is 23.1 Å². The zero-order valence-corrected chi connectivity index (χ0v) is 12.9. The third kappa shape index (κ3) is 3.21. The number of piperazine rings is 1. The van der Waals surface area contributed by atoms with Crippen LogP contribution >= 0.6 is 0 Å². The van der Waals surface area contributed by atoms with Crippen LogP contribution in [0.4, 0.5) is 5.69 Å². The van der Waals surface area contributed by atoms with E-state index in [0.29, 0.717) is 37.5 Å². The van der Waals surface area contributed by atoms with E-state index in [0.717, 1.165) is 5.69 Å². The van der Waals surface area contributed by atoms with Gasteiger partial charge >= 0.3 is 5.97 Å². The van der Waals surface area contributed by atoms with Crippen LogP contribution in [-0.2, 0) is 4.74 Å². The molecule has 2 heterocycles. The number of anilines is 1. The van der Waals surface area contributed by atoms with Crippen molar-refractivity contribution in [3.05, 3.63) is 54.0 Å². The predicted molar refractivity (Wildman–Crippen MR) is 84.6 cm³/mol. The molecule has 6 nitrogen and oxygen atoms in total. The number of carbonyl (C=O) groups excluding carboxylic acids is 2. The monoisotopic (exact) mass is 314 g/mol. The van der Waals surface area contributed by atoms with Gasteiger partial charge in [-0.2, -0.15) is 0 Å². The van der Waals surface area contributed by atoms with E-state index in [4.69, 9.17) is 9.15 Å². The molecule has 1 aromatic heterocycles. The molecule has 1 aliphatic rings. The summed E-state index contributed by atoms with van der Waals surface area (Å²) < 4.78 is 9.91. The van der Waals surface area contributed by atoms with Crippen molar-refractivity contribution in [2.75, 3.05) is 38.2 Å². The molecule has 0 atom stereocenters. The largest absolute Gasteiger partial charge is 0.465 e. The predicted octanol–water partition coefficient (Wildman–Crippen LogP) is 2.03. The fourth-order valence-electron chi connectivity index (χ4n) is 2.67. The van der Waals surface area contributed by atoms with Crippen molar-refractivity contribution in [3.63, 3.8) is 0 Å². The first-order valence-corrected chi connectivity index (χ1v) is 7.45. The number of amides is 1. The average molecular weight is 314 g/mol. The maximum absolute atomic E-state index is 12.2. The molecule has 0 N–H and O–H groups in total. The Hall–Kier alpha value is -2.76. The van der Waals surface area contributed by atoms with Crippen molar-refractivity contribution >= 4 is 17.6 Å². The van der Waals surface area contributed by atoms with Crippen molar-refractivity contribution < 1.29 is 18.7 Å². The van der Waals surface area contributed by atoms with Gasteiger partial charge in [0.1, 0.15) is 0 Å². The molecule has 6 heteroatoms. The molecule has 2 aromatic rings. The van der Waals surface area contributed by atoms with Crippen LogP contribution in [0.5, 0.6) is 0 Å². The summed E-state index contributed by atoms with van der Waals surface area (Å²) in [7, 11) is 1.37. The van der Waals surface area contributed by atoms with Gasteiger partial charge in [0.2, 0.25) is 0 Å². The average Bonchev–Trinajstić information content (AvgIpc) is 3.15. The summed E-state index contributed by atoms with van der Waals surface area (Å²) in [5.74, 6) is -0.0671. The summed E-state index contributed by atoms with van der Waals surface area (Å²) in [6.45, 7) is 2.64. The lowest BCUT2D eigenvalue weighted by Gasteiger charge is -2.35. The standard InChI is InChI=1S/C17H18N2O4/c1-22-17(21)13-4-2-5-14(12-13)18-7-9-19(10-8-18)16(20)15-6-3-11-23-15/h2-6,11-12H,7-10H2,1H3. The quantitative estimate of drug-likeness (QED) is 0.811. The molecule has 23 heavy (non-hydrogen) atoms. The minimum absolute atomic E-state index is 0.0852. The Morgan fingerprint density at radius 2 is 1.87 bits per heavy atom. The Morgan fingerprint density at radius 1 is 1.09 bits per heavy atom. The molecule has 0 aliphatic carbocycles. The van der Waals surface area contributed by atoms with Crippen molar-refractivity contribution in [2.45, 2.75) is 0 Å². The zero-order chi connectivity index (χ0) is 16.2. The highest BCUT2D eigenvalue weighted by molar-refractivity contribution is 5.92. The molecular formula is C17H18N2O4. The molecule has 1 aliphatic heterocycles. The van der Waals surface area contributed by atoms with Crippen LogP contribution in [0.25, 0.3) is 0 Å². The molecule has 0 unspecified atom stereocenters. The van der Waals surface area contributed by atoms with Gasteiger partial charge in [-0.25, -0.2) is 4.79 Å². The Kier molecular flexibility index (Phi) is 4.32. The molecule has 0 saturated carbocycles. The third-order valence-corrected chi connectivity index (χ3v) is 3.93. The van der Waals surface area contributed by atoms with E-state index in [9.17, 15) is 9.59 Å². The number of hydrogen-bond donors (Lipinski definition) is 0. The molecule has 1 amide bonds. The van der Waals surface area contributed by atoms with Crippen LogP contribution in [0, 0.1) is 0 Å². The van der Waals surface area contributed by atoms with Crippen LogP contribution in [0.15, 0.2) is 47.1 Å². The second-order valence-electron chi connectivity index (χ2n) is 5.30. The Labute approximate surface area is 134 Å². The highest BCUT2D eigenvalue weighted by Gasteiger charge is 2.24. The van der Waals surface area contributed by atoms with Gasteiger partial charge in [-0.05, 0) is 30.3 Å². The Morgan fingerprint density at radius 3 is 2.52 bits per heavy atom. The third-order valence-electron chi connectivity index (χ3n) is 3.93. The molecule has 120 valence electrons. The maximum Gasteiger partial charge on any atom is 0.337 e. The van der Waals surface area contributed by atoms with Crippen molar-refractivity contribution in [1.82, 2.24) is 4.90 Å². The van der Waals surface area contributed by atoms with E-state index in [2.05, 4.69) is 4.90 Å². The van der Waals surface area contributed by atoms with Crippen LogP contribution in [0.1, 0.15) is 20.9 Å². The van der Waals surface area contributed by atoms with Crippen molar-refractivity contribution in [2.24, 2.45) is 0 Å². The lowest BCUT2D eigenvalue weighted by Crippen LogP contribution is -2.48. The number of nitrogens with zero attached hydrogens (tertiary/aromatic N) is 2. The molecule has 1 fully saturated rings. The summed E-state index contributed by atoms with van der Waals surface area (Å²) >= 11 is 0. The number of carbonyl (C=O) groups is 2. The lowest BCUT2D eigenvalue weighted by molar-refractivity contribution is 0.0600. The summed E-state index contributed by atoms with van der Waals surface area (Å²) in [6.07, 6.45) is 1.50. The molecule has 0 bridgehead atoms. The molecule has 3 rings (SSSR count). The fraction of sp³-hybridized carbons (Fsp3) is 0.294. The van der Waals surface area contributed by atoms with Crippen LogP contribution in [0.2, 0.25) is 0 Å². The van der Waals surface area contributed by atoms with Gasteiger partial charge < -0.3 is 19.0 Å². The summed E-state index contributed by atoms with van der Waals surface area (Å²) in [5.41, 5.74) is 1.48. The number of methoxy groups -OCH3 is 1. The first-order valence-electron chi connectivity index (χ1n) is 7.45. The molecule has 1 aromatic carbocycles. The highest BCUT2D eigenvalue weighted by atomic mass is 16.5. The first-order chi connectivity index (χ1) is 11.2. The molecular weight excluding hydrogens is 296 g/mol. The fourth-order valence-corrected chi connectivity index (χ4v) is 2.67. The summed E-state index contributed by atoms with van der Waals surface area (Å²) in [6, 6.07) is 10.7. The lowest BCUT2D eigenvalue weighted by atomic mass is 10.1. The van der Waals surface area contributed by atoms with Crippen LogP contribution < -0.4 is 4.90 Å². The molecule has 0 spiro atoms. The van der Waals surface area contributed by atoms with E-state index >= 15 is 0 Å². The Bertz CT molecular complexity index is 688. The van der Waals surface area contributed by atoms with E-state index in [1.165, 1.54) is 13.4 Å². The molecule has 1 saturated heterocycles. The van der Waals surface area contributed by atoms with Crippen LogP contribution in [0.3, 0.4) is 0 Å². The Balaban J connectivity index is 1.65. The molecule has 0 radical (unpaired) electrons.